The number of aliphatic hydroxyl groups excluding tert-OH is 2. The van der Waals surface area contributed by atoms with Gasteiger partial charge in [-0.25, -0.2) is 4.79 Å². The Morgan fingerprint density at radius 1 is 1.22 bits per heavy atom. The van der Waals surface area contributed by atoms with Gasteiger partial charge in [-0.15, -0.1) is 0 Å². The summed E-state index contributed by atoms with van der Waals surface area (Å²) in [5.74, 6) is 1.58. The highest BCUT2D eigenvalue weighted by Gasteiger charge is 2.51. The van der Waals surface area contributed by atoms with Gasteiger partial charge in [-0.2, -0.15) is 0 Å². The summed E-state index contributed by atoms with van der Waals surface area (Å²) < 4.78 is 5.63. The summed E-state index contributed by atoms with van der Waals surface area (Å²) in [4.78, 5) is 11.9. The topological polar surface area (TPSA) is 66.8 Å². The van der Waals surface area contributed by atoms with Gasteiger partial charge in [0.2, 0.25) is 0 Å². The number of carbonyl (C=O) groups excluding carboxylic acids is 1. The van der Waals surface area contributed by atoms with Gasteiger partial charge in [0, 0.05) is 17.9 Å². The molecule has 1 aliphatic heterocycles. The van der Waals surface area contributed by atoms with Crippen LogP contribution in [0.3, 0.4) is 0 Å². The minimum Gasteiger partial charge on any atom is -0.458 e. The molecule has 0 aromatic carbocycles. The predicted octanol–water partition coefficient (Wildman–Crippen LogP) is 5.27. The van der Waals surface area contributed by atoms with Crippen molar-refractivity contribution >= 4 is 5.97 Å². The van der Waals surface area contributed by atoms with Gasteiger partial charge in [-0.05, 0) is 79.3 Å². The molecular weight excluding hydrogens is 400 g/mol. The smallest absolute Gasteiger partial charge is 0.334 e. The molecule has 0 unspecified atom stereocenters. The Bertz CT molecular complexity index is 851. The molecule has 4 rings (SSSR count). The molecule has 176 valence electrons. The van der Waals surface area contributed by atoms with Crippen molar-refractivity contribution in [2.24, 2.45) is 29.1 Å². The third-order valence-electron chi connectivity index (χ3n) is 9.22. The van der Waals surface area contributed by atoms with Crippen LogP contribution in [0.15, 0.2) is 47.6 Å². The van der Waals surface area contributed by atoms with Gasteiger partial charge in [0.1, 0.15) is 6.10 Å². The fraction of sp³-hybridized carbons (Fsp3) is 0.679. The molecule has 0 amide bonds. The number of ether oxygens (including phenoxy) is 1. The van der Waals surface area contributed by atoms with E-state index in [2.05, 4.69) is 46.1 Å². The summed E-state index contributed by atoms with van der Waals surface area (Å²) in [6.07, 6.45) is 11.1. The first kappa shape index (κ1) is 23.5. The molecule has 1 saturated heterocycles. The van der Waals surface area contributed by atoms with E-state index in [4.69, 9.17) is 4.74 Å². The van der Waals surface area contributed by atoms with Crippen LogP contribution in [0, 0.1) is 29.1 Å². The first-order valence-corrected chi connectivity index (χ1v) is 12.5. The molecule has 0 radical (unpaired) electrons. The maximum absolute atomic E-state index is 11.9. The summed E-state index contributed by atoms with van der Waals surface area (Å²) in [7, 11) is 0. The lowest BCUT2D eigenvalue weighted by molar-refractivity contribution is -0.140. The molecule has 4 fully saturated rings. The molecule has 1 heterocycles. The molecule has 4 nitrogen and oxygen atoms in total. The van der Waals surface area contributed by atoms with Gasteiger partial charge >= 0.3 is 5.97 Å². The minimum absolute atomic E-state index is 0.0360. The molecule has 8 atom stereocenters. The van der Waals surface area contributed by atoms with E-state index in [0.717, 1.165) is 24.0 Å². The summed E-state index contributed by atoms with van der Waals surface area (Å²) >= 11 is 0. The van der Waals surface area contributed by atoms with Crippen molar-refractivity contribution in [3.8, 4) is 0 Å². The first-order chi connectivity index (χ1) is 15.1. The van der Waals surface area contributed by atoms with Crippen molar-refractivity contribution in [2.45, 2.75) is 90.4 Å². The molecule has 4 heteroatoms. The molecule has 3 saturated carbocycles. The molecule has 0 aromatic heterocycles. The average Bonchev–Trinajstić information content (AvgIpc) is 3.21. The van der Waals surface area contributed by atoms with Crippen molar-refractivity contribution in [2.75, 3.05) is 0 Å². The van der Waals surface area contributed by atoms with Crippen molar-refractivity contribution in [3.05, 3.63) is 47.6 Å². The van der Waals surface area contributed by atoms with Crippen LogP contribution >= 0.6 is 0 Å². The second kappa shape index (κ2) is 8.95. The molecule has 0 bridgehead atoms. The van der Waals surface area contributed by atoms with Crippen LogP contribution in [-0.2, 0) is 9.53 Å². The van der Waals surface area contributed by atoms with Gasteiger partial charge in [0.15, 0.2) is 0 Å². The van der Waals surface area contributed by atoms with E-state index in [-0.39, 0.29) is 23.4 Å². The van der Waals surface area contributed by atoms with Gasteiger partial charge in [-0.1, -0.05) is 51.7 Å². The number of hydrogen-bond acceptors (Lipinski definition) is 4. The zero-order valence-corrected chi connectivity index (χ0v) is 20.0. The number of rotatable bonds is 4. The standard InChI is InChI=1S/C28H40O4/c1-16(13-26-17(2)18(3)27(31)32-26)23-10-11-24-20(7-6-12-28(23,24)5)8-9-21-14-22(29)15-25(30)19(21)4/h8-9,16-17,22-26,29-30H,3-4,6-7,10-15H2,1-2,5H3/b20-8+,21-9-/t16-,17-,22-,23-,24+,25+,26-,28-/m1/s1. The Balaban J connectivity index is 1.49. The fourth-order valence-electron chi connectivity index (χ4n) is 7.19. The second-order valence-electron chi connectivity index (χ2n) is 11.1. The number of carbonyl (C=O) groups is 1. The zero-order valence-electron chi connectivity index (χ0n) is 20.0. The van der Waals surface area contributed by atoms with Crippen LogP contribution in [0.1, 0.15) is 72.1 Å². The number of aliphatic hydroxyl groups is 2. The van der Waals surface area contributed by atoms with E-state index >= 15 is 0 Å². The highest BCUT2D eigenvalue weighted by Crippen LogP contribution is 2.60. The largest absolute Gasteiger partial charge is 0.458 e. The average molecular weight is 441 g/mol. The lowest BCUT2D eigenvalue weighted by Gasteiger charge is -2.44. The predicted molar refractivity (Wildman–Crippen MR) is 127 cm³/mol. The summed E-state index contributed by atoms with van der Waals surface area (Å²) in [6.45, 7) is 14.8. The van der Waals surface area contributed by atoms with Crippen LogP contribution in [0.4, 0.5) is 0 Å². The Hall–Kier alpha value is -1.65. The second-order valence-corrected chi connectivity index (χ2v) is 11.1. The van der Waals surface area contributed by atoms with Crippen LogP contribution < -0.4 is 0 Å². The maximum atomic E-state index is 11.9. The highest BCUT2D eigenvalue weighted by molar-refractivity contribution is 5.90. The Morgan fingerprint density at radius 2 is 1.97 bits per heavy atom. The highest BCUT2D eigenvalue weighted by atomic mass is 16.6. The molecule has 0 aromatic rings. The van der Waals surface area contributed by atoms with E-state index in [1.165, 1.54) is 31.3 Å². The minimum atomic E-state index is -0.639. The van der Waals surface area contributed by atoms with Crippen LogP contribution in [0.5, 0.6) is 0 Å². The molecule has 2 N–H and O–H groups in total. The van der Waals surface area contributed by atoms with E-state index in [9.17, 15) is 15.0 Å². The van der Waals surface area contributed by atoms with Crippen molar-refractivity contribution in [1.29, 1.82) is 0 Å². The molecule has 3 aliphatic carbocycles. The Morgan fingerprint density at radius 3 is 2.66 bits per heavy atom. The van der Waals surface area contributed by atoms with Gasteiger partial charge in [-0.3, -0.25) is 0 Å². The normalized spacial score (nSPS) is 43.6. The number of hydrogen-bond donors (Lipinski definition) is 2. The zero-order chi connectivity index (χ0) is 23.2. The molecular formula is C28H40O4. The van der Waals surface area contributed by atoms with Crippen molar-refractivity contribution in [1.82, 2.24) is 0 Å². The van der Waals surface area contributed by atoms with Crippen molar-refractivity contribution in [3.63, 3.8) is 0 Å². The number of cyclic esters (lactones) is 1. The Kier molecular flexibility index (Phi) is 6.57. The van der Waals surface area contributed by atoms with E-state index in [1.807, 2.05) is 0 Å². The quantitative estimate of drug-likeness (QED) is 0.462. The monoisotopic (exact) mass is 440 g/mol. The van der Waals surface area contributed by atoms with Crippen LogP contribution in [0.25, 0.3) is 0 Å². The van der Waals surface area contributed by atoms with Crippen LogP contribution in [0.2, 0.25) is 0 Å². The SMILES string of the molecule is C=C1C(=O)O[C@H](C[C@@H](C)[C@H]2CC[C@H]3/C(=C/C=C4/C[C@@H](O)C[C@H](O)C4=C)CCC[C@]23C)[C@@H]1C. The van der Waals surface area contributed by atoms with Gasteiger partial charge in [0.05, 0.1) is 12.2 Å². The summed E-state index contributed by atoms with van der Waals surface area (Å²) in [6, 6.07) is 0. The molecule has 4 aliphatic rings. The van der Waals surface area contributed by atoms with Gasteiger partial charge < -0.3 is 14.9 Å². The third kappa shape index (κ3) is 4.17. The van der Waals surface area contributed by atoms with E-state index < -0.39 is 12.2 Å². The first-order valence-electron chi connectivity index (χ1n) is 12.5. The van der Waals surface area contributed by atoms with E-state index in [0.29, 0.717) is 36.2 Å². The molecule has 32 heavy (non-hydrogen) atoms. The van der Waals surface area contributed by atoms with Crippen LogP contribution in [-0.4, -0.2) is 34.5 Å². The molecule has 0 spiro atoms. The number of fused-ring (bicyclic) bond motifs is 1. The third-order valence-corrected chi connectivity index (χ3v) is 9.22. The Labute approximate surface area is 193 Å². The number of allylic oxidation sites excluding steroid dienone is 3. The van der Waals surface area contributed by atoms with E-state index in [1.54, 1.807) is 0 Å². The number of esters is 1. The lowest BCUT2D eigenvalue weighted by atomic mass is 9.60. The van der Waals surface area contributed by atoms with Crippen molar-refractivity contribution < 1.29 is 19.7 Å². The fourth-order valence-corrected chi connectivity index (χ4v) is 7.19. The maximum Gasteiger partial charge on any atom is 0.334 e. The summed E-state index contributed by atoms with van der Waals surface area (Å²) in [5, 5.41) is 20.2. The lowest BCUT2D eigenvalue weighted by Crippen LogP contribution is -2.37. The van der Waals surface area contributed by atoms with Gasteiger partial charge in [0.25, 0.3) is 0 Å². The summed E-state index contributed by atoms with van der Waals surface area (Å²) in [5.41, 5.74) is 4.14.